The second-order valence-electron chi connectivity index (χ2n) is 4.30. The monoisotopic (exact) mass is 240 g/mol. The minimum atomic E-state index is -0.0738. The molecule has 0 spiro atoms. The van der Waals surface area contributed by atoms with Crippen molar-refractivity contribution in [1.29, 1.82) is 0 Å². The van der Waals surface area contributed by atoms with E-state index in [1.54, 1.807) is 10.9 Å². The first-order chi connectivity index (χ1) is 8.74. The number of benzene rings is 1. The van der Waals surface area contributed by atoms with Crippen molar-refractivity contribution in [2.75, 3.05) is 0 Å². The number of H-pyrrole nitrogens is 1. The second kappa shape index (κ2) is 4.10. The predicted octanol–water partition coefficient (Wildman–Crippen LogP) is 1.48. The first kappa shape index (κ1) is 10.7. The Morgan fingerprint density at radius 1 is 1.39 bits per heavy atom. The van der Waals surface area contributed by atoms with Gasteiger partial charge in [-0.1, -0.05) is 29.8 Å². The van der Waals surface area contributed by atoms with Crippen molar-refractivity contribution in [3.05, 3.63) is 58.3 Å². The number of aromatic amines is 1. The number of hydrogen-bond acceptors (Lipinski definition) is 3. The van der Waals surface area contributed by atoms with E-state index >= 15 is 0 Å². The van der Waals surface area contributed by atoms with Crippen LogP contribution in [0.1, 0.15) is 11.1 Å². The lowest BCUT2D eigenvalue weighted by atomic mass is 10.1. The summed E-state index contributed by atoms with van der Waals surface area (Å²) in [5.41, 5.74) is 2.72. The normalized spacial score (nSPS) is 10.9. The molecule has 0 amide bonds. The summed E-state index contributed by atoms with van der Waals surface area (Å²) in [6.45, 7) is 2.55. The zero-order chi connectivity index (χ0) is 12.5. The van der Waals surface area contributed by atoms with Gasteiger partial charge in [-0.15, -0.1) is 0 Å². The summed E-state index contributed by atoms with van der Waals surface area (Å²) in [4.78, 5) is 16.3. The summed E-state index contributed by atoms with van der Waals surface area (Å²) in [5, 5.41) is 7.03. The Hall–Kier alpha value is -2.43. The molecule has 2 aromatic heterocycles. The highest BCUT2D eigenvalue weighted by Crippen LogP contribution is 2.06. The Kier molecular flexibility index (Phi) is 2.44. The van der Waals surface area contributed by atoms with Gasteiger partial charge in [-0.25, -0.2) is 4.98 Å². The van der Waals surface area contributed by atoms with Crippen LogP contribution in [0.4, 0.5) is 0 Å². The van der Waals surface area contributed by atoms with Crippen molar-refractivity contribution in [3.63, 3.8) is 0 Å². The van der Waals surface area contributed by atoms with Crippen LogP contribution >= 0.6 is 0 Å². The summed E-state index contributed by atoms with van der Waals surface area (Å²) in [6.07, 6.45) is 3.06. The van der Waals surface area contributed by atoms with Crippen molar-refractivity contribution in [2.24, 2.45) is 0 Å². The molecule has 1 aromatic carbocycles. The largest absolute Gasteiger partial charge is 0.294 e. The van der Waals surface area contributed by atoms with Gasteiger partial charge in [-0.2, -0.15) is 5.10 Å². The zero-order valence-corrected chi connectivity index (χ0v) is 9.92. The van der Waals surface area contributed by atoms with Crippen molar-refractivity contribution in [1.82, 2.24) is 19.7 Å². The van der Waals surface area contributed by atoms with E-state index in [4.69, 9.17) is 0 Å². The predicted molar refractivity (Wildman–Crippen MR) is 68.4 cm³/mol. The molecule has 0 saturated carbocycles. The molecule has 1 N–H and O–H groups in total. The number of rotatable bonds is 2. The highest BCUT2D eigenvalue weighted by atomic mass is 16.1. The fraction of sp³-hybridized carbons (Fsp3) is 0.154. The van der Waals surface area contributed by atoms with E-state index in [9.17, 15) is 4.79 Å². The average Bonchev–Trinajstić information content (AvgIpc) is 2.82. The molecule has 0 radical (unpaired) electrons. The van der Waals surface area contributed by atoms with Gasteiger partial charge in [0, 0.05) is 0 Å². The van der Waals surface area contributed by atoms with Crippen LogP contribution in [0.2, 0.25) is 0 Å². The molecule has 5 heteroatoms. The standard InChI is InChI=1S/C13H12N4O/c1-9-3-2-4-10(5-9)7-17-8-14-12-11(13(17)18)6-15-16-12/h2-6,8H,7H2,1H3,(H,15,16). The van der Waals surface area contributed by atoms with E-state index in [1.807, 2.05) is 25.1 Å². The average molecular weight is 240 g/mol. The van der Waals surface area contributed by atoms with Gasteiger partial charge in [0.1, 0.15) is 11.7 Å². The molecular weight excluding hydrogens is 228 g/mol. The summed E-state index contributed by atoms with van der Waals surface area (Å²) in [6, 6.07) is 8.08. The lowest BCUT2D eigenvalue weighted by molar-refractivity contribution is 0.747. The van der Waals surface area contributed by atoms with Gasteiger partial charge >= 0.3 is 0 Å². The van der Waals surface area contributed by atoms with Gasteiger partial charge < -0.3 is 0 Å². The first-order valence-corrected chi connectivity index (χ1v) is 5.68. The highest BCUT2D eigenvalue weighted by Gasteiger charge is 2.05. The summed E-state index contributed by atoms with van der Waals surface area (Å²) in [5.74, 6) is 0. The van der Waals surface area contributed by atoms with E-state index in [-0.39, 0.29) is 5.56 Å². The minimum absolute atomic E-state index is 0.0738. The number of aromatic nitrogens is 4. The Labute approximate surface area is 103 Å². The summed E-state index contributed by atoms with van der Waals surface area (Å²) >= 11 is 0. The van der Waals surface area contributed by atoms with Crippen LogP contribution < -0.4 is 5.56 Å². The molecule has 3 rings (SSSR count). The number of nitrogens with one attached hydrogen (secondary N) is 1. The summed E-state index contributed by atoms with van der Waals surface area (Å²) in [7, 11) is 0. The number of hydrogen-bond donors (Lipinski definition) is 1. The Morgan fingerprint density at radius 3 is 3.11 bits per heavy atom. The van der Waals surface area contributed by atoms with E-state index in [0.29, 0.717) is 17.6 Å². The highest BCUT2D eigenvalue weighted by molar-refractivity contribution is 5.71. The fourth-order valence-corrected chi connectivity index (χ4v) is 1.99. The molecule has 90 valence electrons. The number of nitrogens with zero attached hydrogens (tertiary/aromatic N) is 3. The molecule has 0 aliphatic carbocycles. The topological polar surface area (TPSA) is 63.6 Å². The van der Waals surface area contributed by atoms with E-state index in [1.165, 1.54) is 11.8 Å². The smallest absolute Gasteiger partial charge is 0.264 e. The van der Waals surface area contributed by atoms with E-state index in [2.05, 4.69) is 21.2 Å². The molecule has 18 heavy (non-hydrogen) atoms. The van der Waals surface area contributed by atoms with Gasteiger partial charge in [-0.3, -0.25) is 14.5 Å². The molecule has 5 nitrogen and oxygen atoms in total. The molecule has 0 fully saturated rings. The Balaban J connectivity index is 2.05. The van der Waals surface area contributed by atoms with Crippen molar-refractivity contribution < 1.29 is 0 Å². The third-order valence-electron chi connectivity index (χ3n) is 2.87. The molecule has 0 saturated heterocycles. The maximum Gasteiger partial charge on any atom is 0.264 e. The molecule has 3 aromatic rings. The number of fused-ring (bicyclic) bond motifs is 1. The fourth-order valence-electron chi connectivity index (χ4n) is 1.99. The Bertz CT molecular complexity index is 757. The van der Waals surface area contributed by atoms with E-state index < -0.39 is 0 Å². The van der Waals surface area contributed by atoms with Crippen LogP contribution in [-0.2, 0) is 6.54 Å². The SMILES string of the molecule is Cc1cccc(Cn2cnc3[nH]ncc3c2=O)c1. The van der Waals surface area contributed by atoms with Crippen molar-refractivity contribution in [3.8, 4) is 0 Å². The molecule has 0 atom stereocenters. The molecular formula is C13H12N4O. The quantitative estimate of drug-likeness (QED) is 0.737. The maximum absolute atomic E-state index is 12.1. The second-order valence-corrected chi connectivity index (χ2v) is 4.30. The molecule has 2 heterocycles. The maximum atomic E-state index is 12.1. The Morgan fingerprint density at radius 2 is 2.28 bits per heavy atom. The van der Waals surface area contributed by atoms with Gasteiger partial charge in [0.2, 0.25) is 0 Å². The lowest BCUT2D eigenvalue weighted by Gasteiger charge is -2.05. The van der Waals surface area contributed by atoms with Gasteiger partial charge in [0.25, 0.3) is 5.56 Å². The zero-order valence-electron chi connectivity index (χ0n) is 9.92. The van der Waals surface area contributed by atoms with Crippen LogP contribution in [0.3, 0.4) is 0 Å². The molecule has 0 unspecified atom stereocenters. The lowest BCUT2D eigenvalue weighted by Crippen LogP contribution is -2.20. The number of aryl methyl sites for hydroxylation is 1. The van der Waals surface area contributed by atoms with Crippen LogP contribution in [0.25, 0.3) is 11.0 Å². The van der Waals surface area contributed by atoms with E-state index in [0.717, 1.165) is 5.56 Å². The third kappa shape index (κ3) is 1.79. The summed E-state index contributed by atoms with van der Waals surface area (Å²) < 4.78 is 1.59. The third-order valence-corrected chi connectivity index (χ3v) is 2.87. The van der Waals surface area contributed by atoms with Crippen molar-refractivity contribution in [2.45, 2.75) is 13.5 Å². The van der Waals surface area contributed by atoms with Crippen molar-refractivity contribution >= 4 is 11.0 Å². The van der Waals surface area contributed by atoms with Crippen LogP contribution in [0.15, 0.2) is 41.6 Å². The first-order valence-electron chi connectivity index (χ1n) is 5.68. The van der Waals surface area contributed by atoms with Gasteiger partial charge in [-0.05, 0) is 12.5 Å². The van der Waals surface area contributed by atoms with Gasteiger partial charge in [0.15, 0.2) is 5.65 Å². The molecule has 0 aliphatic heterocycles. The molecule has 0 aliphatic rings. The molecule has 0 bridgehead atoms. The van der Waals surface area contributed by atoms with Crippen LogP contribution in [-0.4, -0.2) is 19.7 Å². The van der Waals surface area contributed by atoms with Gasteiger partial charge in [0.05, 0.1) is 12.7 Å². The minimum Gasteiger partial charge on any atom is -0.294 e. The van der Waals surface area contributed by atoms with Crippen LogP contribution in [0, 0.1) is 6.92 Å². The van der Waals surface area contributed by atoms with Crippen LogP contribution in [0.5, 0.6) is 0 Å².